The number of rotatable bonds is 2. The molecule has 0 bridgehead atoms. The molecule has 2 heteroatoms. The van der Waals surface area contributed by atoms with E-state index in [4.69, 9.17) is 5.73 Å². The molecule has 0 radical (unpaired) electrons. The van der Waals surface area contributed by atoms with Crippen molar-refractivity contribution in [3.8, 4) is 0 Å². The average molecular weight is 154 g/mol. The summed E-state index contributed by atoms with van der Waals surface area (Å²) in [5, 5.41) is 0. The van der Waals surface area contributed by atoms with Crippen LogP contribution >= 0.6 is 0 Å². The molecular weight excluding hydrogens is 136 g/mol. The van der Waals surface area contributed by atoms with E-state index in [-0.39, 0.29) is 0 Å². The van der Waals surface area contributed by atoms with Gasteiger partial charge in [0.25, 0.3) is 0 Å². The third kappa shape index (κ3) is 2.17. The molecule has 2 nitrogen and oxygen atoms in total. The lowest BCUT2D eigenvalue weighted by Crippen LogP contribution is -2.43. The second-order valence-corrected chi connectivity index (χ2v) is 4.11. The van der Waals surface area contributed by atoms with Crippen molar-refractivity contribution < 1.29 is 0 Å². The normalized spacial score (nSPS) is 34.1. The highest BCUT2D eigenvalue weighted by Crippen LogP contribution is 2.30. The van der Waals surface area contributed by atoms with Crippen LogP contribution in [0, 0.1) is 5.92 Å². The maximum Gasteiger partial charge on any atom is 0.0168 e. The van der Waals surface area contributed by atoms with Crippen molar-refractivity contribution in [3.05, 3.63) is 0 Å². The molecule has 0 aromatic rings. The van der Waals surface area contributed by atoms with Gasteiger partial charge in [0.05, 0.1) is 0 Å². The monoisotopic (exact) mass is 154 g/mol. The molecule has 0 amide bonds. The van der Waals surface area contributed by atoms with Crippen LogP contribution in [0.5, 0.6) is 0 Å². The van der Waals surface area contributed by atoms with Crippen LogP contribution in [0.1, 0.15) is 25.7 Å². The summed E-state index contributed by atoms with van der Waals surface area (Å²) in [6.45, 7) is 3.77. The average Bonchev–Trinajstić information content (AvgIpc) is 2.71. The molecule has 2 fully saturated rings. The Labute approximate surface area is 68.7 Å². The molecule has 64 valence electrons. The van der Waals surface area contributed by atoms with Gasteiger partial charge in [0.2, 0.25) is 0 Å². The zero-order chi connectivity index (χ0) is 7.68. The first-order chi connectivity index (χ1) is 5.34. The standard InChI is InChI=1S/C9H18N2/c10-9-2-1-5-11(7-9)6-8-3-4-8/h8-9H,1-7,10H2. The quantitative estimate of drug-likeness (QED) is 0.638. The number of hydrogen-bond acceptors (Lipinski definition) is 2. The van der Waals surface area contributed by atoms with Crippen LogP contribution < -0.4 is 5.73 Å². The zero-order valence-electron chi connectivity index (χ0n) is 7.13. The molecule has 2 N–H and O–H groups in total. The van der Waals surface area contributed by atoms with E-state index < -0.39 is 0 Å². The van der Waals surface area contributed by atoms with E-state index in [9.17, 15) is 0 Å². The molecule has 0 aromatic heterocycles. The van der Waals surface area contributed by atoms with E-state index >= 15 is 0 Å². The smallest absolute Gasteiger partial charge is 0.0168 e. The van der Waals surface area contributed by atoms with Crippen molar-refractivity contribution >= 4 is 0 Å². The summed E-state index contributed by atoms with van der Waals surface area (Å²) in [6, 6.07) is 0.461. The van der Waals surface area contributed by atoms with Gasteiger partial charge < -0.3 is 10.6 Å². The Morgan fingerprint density at radius 3 is 2.73 bits per heavy atom. The van der Waals surface area contributed by atoms with Gasteiger partial charge in [-0.15, -0.1) is 0 Å². The molecule has 1 unspecified atom stereocenters. The molecule has 2 rings (SSSR count). The van der Waals surface area contributed by atoms with E-state index in [1.54, 1.807) is 0 Å². The van der Waals surface area contributed by atoms with Gasteiger partial charge in [-0.3, -0.25) is 0 Å². The predicted octanol–water partition coefficient (Wildman–Crippen LogP) is 0.819. The summed E-state index contributed by atoms with van der Waals surface area (Å²) in [5.41, 5.74) is 5.88. The molecule has 1 aliphatic carbocycles. The summed E-state index contributed by atoms with van der Waals surface area (Å²) in [4.78, 5) is 2.55. The largest absolute Gasteiger partial charge is 0.327 e. The van der Waals surface area contributed by atoms with E-state index in [1.807, 2.05) is 0 Å². The van der Waals surface area contributed by atoms with Gasteiger partial charge in [-0.05, 0) is 38.1 Å². The molecule has 1 saturated heterocycles. The molecule has 1 atom stereocenters. The summed E-state index contributed by atoms with van der Waals surface area (Å²) in [7, 11) is 0. The van der Waals surface area contributed by atoms with Crippen molar-refractivity contribution in [2.75, 3.05) is 19.6 Å². The molecule has 1 saturated carbocycles. The van der Waals surface area contributed by atoms with Gasteiger partial charge in [0, 0.05) is 19.1 Å². The van der Waals surface area contributed by atoms with E-state index in [0.29, 0.717) is 6.04 Å². The molecule has 1 aliphatic heterocycles. The van der Waals surface area contributed by atoms with Gasteiger partial charge in [0.15, 0.2) is 0 Å². The van der Waals surface area contributed by atoms with Gasteiger partial charge in [-0.25, -0.2) is 0 Å². The fourth-order valence-electron chi connectivity index (χ4n) is 1.92. The molecule has 1 heterocycles. The van der Waals surface area contributed by atoms with E-state index in [0.717, 1.165) is 12.5 Å². The van der Waals surface area contributed by atoms with Crippen LogP contribution in [0.15, 0.2) is 0 Å². The highest BCUT2D eigenvalue weighted by atomic mass is 15.1. The fourth-order valence-corrected chi connectivity index (χ4v) is 1.92. The van der Waals surface area contributed by atoms with Crippen molar-refractivity contribution in [1.82, 2.24) is 4.90 Å². The number of nitrogens with two attached hydrogens (primary N) is 1. The van der Waals surface area contributed by atoms with Gasteiger partial charge >= 0.3 is 0 Å². The number of likely N-dealkylation sites (tertiary alicyclic amines) is 1. The highest BCUT2D eigenvalue weighted by Gasteiger charge is 2.26. The number of nitrogens with zero attached hydrogens (tertiary/aromatic N) is 1. The van der Waals surface area contributed by atoms with Gasteiger partial charge in [-0.1, -0.05) is 0 Å². The lowest BCUT2D eigenvalue weighted by molar-refractivity contribution is 0.201. The summed E-state index contributed by atoms with van der Waals surface area (Å²) >= 11 is 0. The van der Waals surface area contributed by atoms with Crippen LogP contribution in [0.4, 0.5) is 0 Å². The highest BCUT2D eigenvalue weighted by molar-refractivity contribution is 4.81. The van der Waals surface area contributed by atoms with E-state index in [1.165, 1.54) is 38.8 Å². The Kier molecular flexibility index (Phi) is 2.14. The van der Waals surface area contributed by atoms with E-state index in [2.05, 4.69) is 4.90 Å². The molecule has 2 aliphatic rings. The van der Waals surface area contributed by atoms with Crippen LogP contribution in [0.25, 0.3) is 0 Å². The third-order valence-electron chi connectivity index (χ3n) is 2.76. The van der Waals surface area contributed by atoms with Crippen molar-refractivity contribution in [1.29, 1.82) is 0 Å². The van der Waals surface area contributed by atoms with Crippen LogP contribution in [-0.2, 0) is 0 Å². The maximum atomic E-state index is 5.88. The Morgan fingerprint density at radius 2 is 2.09 bits per heavy atom. The maximum absolute atomic E-state index is 5.88. The zero-order valence-corrected chi connectivity index (χ0v) is 7.13. The van der Waals surface area contributed by atoms with Crippen LogP contribution in [0.3, 0.4) is 0 Å². The second-order valence-electron chi connectivity index (χ2n) is 4.11. The first-order valence-electron chi connectivity index (χ1n) is 4.82. The molecule has 11 heavy (non-hydrogen) atoms. The van der Waals surface area contributed by atoms with Crippen LogP contribution in [-0.4, -0.2) is 30.6 Å². The SMILES string of the molecule is NC1CCCN(CC2CC2)C1. The summed E-state index contributed by atoms with van der Waals surface area (Å²) in [6.07, 6.45) is 5.48. The number of hydrogen-bond donors (Lipinski definition) is 1. The third-order valence-corrected chi connectivity index (χ3v) is 2.76. The fraction of sp³-hybridized carbons (Fsp3) is 1.00. The summed E-state index contributed by atoms with van der Waals surface area (Å²) < 4.78 is 0. The van der Waals surface area contributed by atoms with Crippen molar-refractivity contribution in [2.24, 2.45) is 11.7 Å². The van der Waals surface area contributed by atoms with Crippen molar-refractivity contribution in [3.63, 3.8) is 0 Å². The minimum atomic E-state index is 0.461. The predicted molar refractivity (Wildman–Crippen MR) is 46.4 cm³/mol. The Morgan fingerprint density at radius 1 is 1.27 bits per heavy atom. The Hall–Kier alpha value is -0.0800. The number of piperidine rings is 1. The topological polar surface area (TPSA) is 29.3 Å². The lowest BCUT2D eigenvalue weighted by Gasteiger charge is -2.30. The van der Waals surface area contributed by atoms with Gasteiger partial charge in [0.1, 0.15) is 0 Å². The first-order valence-corrected chi connectivity index (χ1v) is 4.82. The lowest BCUT2D eigenvalue weighted by atomic mass is 10.1. The minimum absolute atomic E-state index is 0.461. The summed E-state index contributed by atoms with van der Waals surface area (Å²) in [5.74, 6) is 1.03. The van der Waals surface area contributed by atoms with Crippen molar-refractivity contribution in [2.45, 2.75) is 31.7 Å². The first kappa shape index (κ1) is 7.56. The van der Waals surface area contributed by atoms with Crippen LogP contribution in [0.2, 0.25) is 0 Å². The van der Waals surface area contributed by atoms with Gasteiger partial charge in [-0.2, -0.15) is 0 Å². The molecule has 0 aromatic carbocycles. The Balaban J connectivity index is 1.73. The molecular formula is C9H18N2. The Bertz CT molecular complexity index is 130. The second kappa shape index (κ2) is 3.11. The molecule has 0 spiro atoms. The minimum Gasteiger partial charge on any atom is -0.327 e.